The fourth-order valence-electron chi connectivity index (χ4n) is 4.29. The van der Waals surface area contributed by atoms with Crippen molar-refractivity contribution in [3.05, 3.63) is 59.3 Å². The van der Waals surface area contributed by atoms with Crippen molar-refractivity contribution < 1.29 is 33.7 Å². The van der Waals surface area contributed by atoms with Crippen LogP contribution in [0.1, 0.15) is 29.0 Å². The van der Waals surface area contributed by atoms with Gasteiger partial charge in [0, 0.05) is 35.0 Å². The number of carboxylic acid groups (broad SMARTS) is 1. The van der Waals surface area contributed by atoms with E-state index in [2.05, 4.69) is 19.8 Å². The molecule has 1 saturated heterocycles. The highest BCUT2D eigenvalue weighted by atomic mass is 32.2. The van der Waals surface area contributed by atoms with Gasteiger partial charge in [0.1, 0.15) is 23.2 Å². The summed E-state index contributed by atoms with van der Waals surface area (Å²) in [5, 5.41) is 16.0. The van der Waals surface area contributed by atoms with E-state index in [0.29, 0.717) is 23.3 Å². The predicted octanol–water partition coefficient (Wildman–Crippen LogP) is -0.615. The largest absolute Gasteiger partial charge is 0.477 e. The second-order valence-electron chi connectivity index (χ2n) is 8.79. The molecular formula is C23H23N8O6S2+. The zero-order valence-corrected chi connectivity index (χ0v) is 21.9. The monoisotopic (exact) mass is 571 g/mol. The van der Waals surface area contributed by atoms with E-state index < -0.39 is 35.1 Å². The molecule has 1 fully saturated rings. The number of nitrogens with two attached hydrogens (primary N) is 2. The zero-order chi connectivity index (χ0) is 27.7. The lowest BCUT2D eigenvalue weighted by atomic mass is 10.0. The van der Waals surface area contributed by atoms with Crippen LogP contribution in [0.3, 0.4) is 0 Å². The van der Waals surface area contributed by atoms with Crippen LogP contribution in [0.25, 0.3) is 0 Å². The molecule has 2 aromatic heterocycles. The third-order valence-electron chi connectivity index (χ3n) is 6.20. The molecule has 0 spiro atoms. The van der Waals surface area contributed by atoms with Crippen molar-refractivity contribution in [3.8, 4) is 0 Å². The summed E-state index contributed by atoms with van der Waals surface area (Å²) in [6, 6.07) is 2.06. The van der Waals surface area contributed by atoms with E-state index >= 15 is 0 Å². The number of aromatic nitrogens is 3. The molecule has 3 atom stereocenters. The number of amides is 3. The minimum Gasteiger partial charge on any atom is -0.477 e. The minimum absolute atomic E-state index is 0.0373. The molecule has 2 aromatic rings. The van der Waals surface area contributed by atoms with Crippen LogP contribution in [0.2, 0.25) is 0 Å². The molecule has 5 rings (SSSR count). The molecule has 0 saturated carbocycles. The Bertz CT molecular complexity index is 1440. The van der Waals surface area contributed by atoms with Gasteiger partial charge in [-0.05, 0) is 18.9 Å². The van der Waals surface area contributed by atoms with Crippen LogP contribution in [0, 0.1) is 0 Å². The molecule has 16 heteroatoms. The number of hydrogen-bond acceptors (Lipinski definition) is 11. The average molecular weight is 572 g/mol. The maximum atomic E-state index is 13.2. The number of carboxylic acids is 1. The average Bonchev–Trinajstić information content (AvgIpc) is 3.59. The Morgan fingerprint density at radius 1 is 1.31 bits per heavy atom. The Kier molecular flexibility index (Phi) is 7.30. The summed E-state index contributed by atoms with van der Waals surface area (Å²) in [5.41, 5.74) is 11.4. The van der Waals surface area contributed by atoms with E-state index in [0.717, 1.165) is 18.0 Å². The number of carbonyl (C=O) groups excluding carboxylic acids is 3. The fourth-order valence-corrected chi connectivity index (χ4v) is 6.06. The van der Waals surface area contributed by atoms with Gasteiger partial charge in [0.25, 0.3) is 11.8 Å². The first-order chi connectivity index (χ1) is 18.7. The van der Waals surface area contributed by atoms with Gasteiger partial charge in [0.2, 0.25) is 17.4 Å². The van der Waals surface area contributed by atoms with E-state index in [1.807, 2.05) is 12.2 Å². The number of nitrogens with zero attached hydrogens (tertiary/aromatic N) is 5. The molecule has 39 heavy (non-hydrogen) atoms. The van der Waals surface area contributed by atoms with Crippen molar-refractivity contribution in [2.45, 2.75) is 36.9 Å². The highest BCUT2D eigenvalue weighted by molar-refractivity contribution is 8.00. The lowest BCUT2D eigenvalue weighted by Gasteiger charge is -2.49. The number of nitrogen functional groups attached to an aromatic ring is 1. The molecule has 14 nitrogen and oxygen atoms in total. The topological polar surface area (TPSA) is 207 Å². The van der Waals surface area contributed by atoms with Gasteiger partial charge in [-0.3, -0.25) is 19.3 Å². The molecule has 0 radical (unpaired) electrons. The molecule has 6 N–H and O–H groups in total. The smallest absolute Gasteiger partial charge is 0.352 e. The molecule has 4 heterocycles. The van der Waals surface area contributed by atoms with Crippen LogP contribution in [-0.2, 0) is 25.8 Å². The molecule has 0 bridgehead atoms. The van der Waals surface area contributed by atoms with Crippen LogP contribution in [0.5, 0.6) is 0 Å². The van der Waals surface area contributed by atoms with Gasteiger partial charge in [-0.1, -0.05) is 11.2 Å². The number of aliphatic carboxylic acids is 1. The van der Waals surface area contributed by atoms with Crippen LogP contribution in [0.4, 0.5) is 5.13 Å². The summed E-state index contributed by atoms with van der Waals surface area (Å²) in [5.74, 6) is -2.89. The summed E-state index contributed by atoms with van der Waals surface area (Å²) in [4.78, 5) is 60.4. The lowest BCUT2D eigenvalue weighted by molar-refractivity contribution is -0.689. The SMILES string of the molecule is NC(=O)c1cc[n+](CC2=C(C(=O)O)N3C(=O)C(NC(=O)C(=NOC4C=CCC4)c4nsc(N)n4)[C@H]3SC2)cc1. The first-order valence-corrected chi connectivity index (χ1v) is 13.5. The summed E-state index contributed by atoms with van der Waals surface area (Å²) in [7, 11) is 0. The number of anilines is 1. The van der Waals surface area contributed by atoms with E-state index in [9.17, 15) is 24.3 Å². The highest BCUT2D eigenvalue weighted by Crippen LogP contribution is 2.40. The minimum atomic E-state index is -1.26. The highest BCUT2D eigenvalue weighted by Gasteiger charge is 2.55. The van der Waals surface area contributed by atoms with E-state index in [1.54, 1.807) is 17.0 Å². The van der Waals surface area contributed by atoms with Gasteiger partial charge in [-0.15, -0.1) is 11.8 Å². The Balaban J connectivity index is 1.32. The molecule has 2 unspecified atom stereocenters. The van der Waals surface area contributed by atoms with E-state index in [4.69, 9.17) is 16.3 Å². The van der Waals surface area contributed by atoms with E-state index in [-0.39, 0.29) is 35.0 Å². The van der Waals surface area contributed by atoms with Crippen LogP contribution in [-0.4, -0.2) is 72.0 Å². The zero-order valence-electron chi connectivity index (χ0n) is 20.2. The van der Waals surface area contributed by atoms with Crippen LogP contribution in [0.15, 0.2) is 53.1 Å². The normalized spacial score (nSPS) is 22.4. The maximum Gasteiger partial charge on any atom is 0.352 e. The Morgan fingerprint density at radius 3 is 2.69 bits per heavy atom. The Hall–Kier alpha value is -4.31. The molecule has 0 aromatic carbocycles. The standard InChI is InChI=1S/C23H22N8O6S2/c24-17(32)11-5-7-30(8-6-11)9-12-10-38-21-15(20(34)31(21)16(12)22(35)36)26-19(33)14(18-27-23(25)39-29-18)28-37-13-3-1-2-4-13/h1,3,5-8,13,15,21H,2,4,9-10H2,(H5-,24,25,26,27,29,32,33,35,36)/p+1/t13?,15?,21-/m1/s1. The maximum absolute atomic E-state index is 13.2. The lowest BCUT2D eigenvalue weighted by Crippen LogP contribution is -2.71. The molecule has 1 aliphatic carbocycles. The van der Waals surface area contributed by atoms with Gasteiger partial charge in [0.15, 0.2) is 24.1 Å². The third kappa shape index (κ3) is 5.33. The van der Waals surface area contributed by atoms with Gasteiger partial charge in [-0.25, -0.2) is 9.36 Å². The summed E-state index contributed by atoms with van der Waals surface area (Å²) in [6.45, 7) is 0.182. The molecular weight excluding hydrogens is 548 g/mol. The number of thioether (sulfide) groups is 1. The van der Waals surface area contributed by atoms with Crippen molar-refractivity contribution in [2.75, 3.05) is 11.5 Å². The Morgan fingerprint density at radius 2 is 2.08 bits per heavy atom. The fraction of sp³-hybridized carbons (Fsp3) is 0.304. The van der Waals surface area contributed by atoms with Crippen molar-refractivity contribution in [1.29, 1.82) is 0 Å². The van der Waals surface area contributed by atoms with Crippen LogP contribution < -0.4 is 21.4 Å². The molecule has 2 aliphatic heterocycles. The number of primary amides is 1. The van der Waals surface area contributed by atoms with Crippen molar-refractivity contribution in [1.82, 2.24) is 19.6 Å². The number of pyridine rings is 1. The van der Waals surface area contributed by atoms with Crippen molar-refractivity contribution >= 4 is 57.8 Å². The number of nitrogens with one attached hydrogen (secondary N) is 1. The van der Waals surface area contributed by atoms with Crippen LogP contribution >= 0.6 is 23.3 Å². The van der Waals surface area contributed by atoms with Crippen molar-refractivity contribution in [3.63, 3.8) is 0 Å². The number of hydrogen-bond donors (Lipinski definition) is 4. The van der Waals surface area contributed by atoms with Crippen molar-refractivity contribution in [2.24, 2.45) is 10.9 Å². The van der Waals surface area contributed by atoms with Gasteiger partial charge < -0.3 is 26.7 Å². The number of oxime groups is 1. The second-order valence-corrected chi connectivity index (χ2v) is 10.7. The number of carbonyl (C=O) groups is 4. The third-order valence-corrected chi connectivity index (χ3v) is 8.08. The molecule has 3 amide bonds. The van der Waals surface area contributed by atoms with E-state index in [1.165, 1.54) is 28.8 Å². The first kappa shape index (κ1) is 26.3. The molecule has 3 aliphatic rings. The quantitative estimate of drug-likeness (QED) is 0.0986. The van der Waals surface area contributed by atoms with Gasteiger partial charge in [0.05, 0.1) is 5.56 Å². The second kappa shape index (κ2) is 10.8. The first-order valence-electron chi connectivity index (χ1n) is 11.7. The number of allylic oxidation sites excluding steroid dienone is 1. The number of rotatable bonds is 9. The number of fused-ring (bicyclic) bond motifs is 1. The summed E-state index contributed by atoms with van der Waals surface area (Å²) in [6.07, 6.45) is 8.22. The molecule has 202 valence electrons. The number of β-lactam (4-membered cyclic amide) rings is 1. The summed E-state index contributed by atoms with van der Waals surface area (Å²) < 4.78 is 5.72. The Labute approximate surface area is 229 Å². The summed E-state index contributed by atoms with van der Waals surface area (Å²) >= 11 is 2.20. The van der Waals surface area contributed by atoms with Gasteiger partial charge in [-0.2, -0.15) is 9.36 Å². The van der Waals surface area contributed by atoms with Gasteiger partial charge >= 0.3 is 5.97 Å². The predicted molar refractivity (Wildman–Crippen MR) is 139 cm³/mol.